The molecular weight excluding hydrogens is 248 g/mol. The van der Waals surface area contributed by atoms with Gasteiger partial charge in [0.25, 0.3) is 0 Å². The summed E-state index contributed by atoms with van der Waals surface area (Å²) in [6.45, 7) is 6.41. The first kappa shape index (κ1) is 15.4. The summed E-state index contributed by atoms with van der Waals surface area (Å²) in [4.78, 5) is 0. The SMILES string of the molecule is CCC1CCCC(C(O)c2ccc(C)c(C)c2OC)C1. The van der Waals surface area contributed by atoms with E-state index in [-0.39, 0.29) is 0 Å². The summed E-state index contributed by atoms with van der Waals surface area (Å²) < 4.78 is 5.56. The Bertz CT molecular complexity index is 453. The van der Waals surface area contributed by atoms with Crippen LogP contribution in [0.1, 0.15) is 61.8 Å². The zero-order chi connectivity index (χ0) is 14.7. The Hall–Kier alpha value is -1.02. The summed E-state index contributed by atoms with van der Waals surface area (Å²) >= 11 is 0. The zero-order valence-corrected chi connectivity index (χ0v) is 13.3. The fourth-order valence-electron chi connectivity index (χ4n) is 3.56. The Morgan fingerprint density at radius 3 is 2.70 bits per heavy atom. The van der Waals surface area contributed by atoms with E-state index < -0.39 is 6.10 Å². The van der Waals surface area contributed by atoms with E-state index in [0.717, 1.165) is 35.6 Å². The van der Waals surface area contributed by atoms with Gasteiger partial charge in [0, 0.05) is 5.56 Å². The second kappa shape index (κ2) is 6.62. The highest BCUT2D eigenvalue weighted by Crippen LogP contribution is 2.41. The van der Waals surface area contributed by atoms with Gasteiger partial charge in [0.05, 0.1) is 13.2 Å². The number of hydrogen-bond acceptors (Lipinski definition) is 2. The van der Waals surface area contributed by atoms with E-state index in [1.807, 2.05) is 6.07 Å². The minimum atomic E-state index is -0.390. The molecule has 1 aromatic rings. The molecule has 20 heavy (non-hydrogen) atoms. The molecule has 1 fully saturated rings. The number of methoxy groups -OCH3 is 1. The summed E-state index contributed by atoms with van der Waals surface area (Å²) in [7, 11) is 1.70. The monoisotopic (exact) mass is 276 g/mol. The van der Waals surface area contributed by atoms with Gasteiger partial charge in [-0.3, -0.25) is 0 Å². The van der Waals surface area contributed by atoms with Crippen molar-refractivity contribution in [2.45, 2.75) is 59.0 Å². The van der Waals surface area contributed by atoms with Gasteiger partial charge in [-0.1, -0.05) is 38.3 Å². The molecule has 2 rings (SSSR count). The molecule has 0 spiro atoms. The molecule has 3 unspecified atom stereocenters. The van der Waals surface area contributed by atoms with Crippen molar-refractivity contribution in [1.82, 2.24) is 0 Å². The van der Waals surface area contributed by atoms with Crippen LogP contribution in [0.3, 0.4) is 0 Å². The van der Waals surface area contributed by atoms with Crippen LogP contribution in [0.15, 0.2) is 12.1 Å². The van der Waals surface area contributed by atoms with E-state index in [1.165, 1.54) is 24.8 Å². The normalized spacial score (nSPS) is 24.4. The Labute approximate surface area is 123 Å². The second-order valence-electron chi connectivity index (χ2n) is 6.28. The highest BCUT2D eigenvalue weighted by Gasteiger charge is 2.29. The van der Waals surface area contributed by atoms with Crippen molar-refractivity contribution in [1.29, 1.82) is 0 Å². The van der Waals surface area contributed by atoms with Crippen LogP contribution in [0.2, 0.25) is 0 Å². The first-order chi connectivity index (χ1) is 9.58. The predicted octanol–water partition coefficient (Wildman–Crippen LogP) is 4.56. The zero-order valence-electron chi connectivity index (χ0n) is 13.3. The molecule has 2 nitrogen and oxygen atoms in total. The van der Waals surface area contributed by atoms with Crippen molar-refractivity contribution in [3.05, 3.63) is 28.8 Å². The van der Waals surface area contributed by atoms with Gasteiger partial charge >= 0.3 is 0 Å². The molecule has 0 heterocycles. The Balaban J connectivity index is 2.24. The topological polar surface area (TPSA) is 29.5 Å². The first-order valence-electron chi connectivity index (χ1n) is 7.90. The third-order valence-corrected chi connectivity index (χ3v) is 5.08. The second-order valence-corrected chi connectivity index (χ2v) is 6.28. The molecule has 0 saturated heterocycles. The lowest BCUT2D eigenvalue weighted by Crippen LogP contribution is -2.22. The molecule has 1 saturated carbocycles. The molecule has 0 radical (unpaired) electrons. The van der Waals surface area contributed by atoms with Crippen molar-refractivity contribution in [3.8, 4) is 5.75 Å². The lowest BCUT2D eigenvalue weighted by molar-refractivity contribution is 0.0657. The predicted molar refractivity (Wildman–Crippen MR) is 83.2 cm³/mol. The van der Waals surface area contributed by atoms with Crippen LogP contribution in [0.4, 0.5) is 0 Å². The molecule has 3 atom stereocenters. The number of ether oxygens (including phenoxy) is 1. The minimum Gasteiger partial charge on any atom is -0.496 e. The van der Waals surface area contributed by atoms with Gasteiger partial charge in [0.1, 0.15) is 5.75 Å². The van der Waals surface area contributed by atoms with E-state index in [1.54, 1.807) is 7.11 Å². The number of rotatable bonds is 4. The maximum atomic E-state index is 10.8. The molecule has 0 aliphatic heterocycles. The van der Waals surface area contributed by atoms with Crippen molar-refractivity contribution in [3.63, 3.8) is 0 Å². The van der Waals surface area contributed by atoms with Crippen LogP contribution < -0.4 is 4.74 Å². The molecular formula is C18H28O2. The molecule has 1 aliphatic carbocycles. The quantitative estimate of drug-likeness (QED) is 0.873. The summed E-state index contributed by atoms with van der Waals surface area (Å²) in [5.41, 5.74) is 3.33. The van der Waals surface area contributed by atoms with E-state index in [9.17, 15) is 5.11 Å². The fourth-order valence-corrected chi connectivity index (χ4v) is 3.56. The molecule has 112 valence electrons. The van der Waals surface area contributed by atoms with Crippen LogP contribution in [-0.4, -0.2) is 12.2 Å². The van der Waals surface area contributed by atoms with Crippen molar-refractivity contribution < 1.29 is 9.84 Å². The smallest absolute Gasteiger partial charge is 0.127 e. The van der Waals surface area contributed by atoms with E-state index in [4.69, 9.17) is 4.74 Å². The fraction of sp³-hybridized carbons (Fsp3) is 0.667. The third kappa shape index (κ3) is 3.01. The lowest BCUT2D eigenvalue weighted by Gasteiger charge is -2.32. The van der Waals surface area contributed by atoms with Gasteiger partial charge in [0.2, 0.25) is 0 Å². The summed E-state index contributed by atoms with van der Waals surface area (Å²) in [5.74, 6) is 2.03. The number of aliphatic hydroxyl groups excluding tert-OH is 1. The van der Waals surface area contributed by atoms with Gasteiger partial charge < -0.3 is 9.84 Å². The summed E-state index contributed by atoms with van der Waals surface area (Å²) in [5, 5.41) is 10.8. The van der Waals surface area contributed by atoms with Crippen LogP contribution >= 0.6 is 0 Å². The van der Waals surface area contributed by atoms with Crippen LogP contribution in [-0.2, 0) is 0 Å². The van der Waals surface area contributed by atoms with Crippen molar-refractivity contribution >= 4 is 0 Å². The first-order valence-corrected chi connectivity index (χ1v) is 7.90. The standard InChI is InChI=1S/C18H28O2/c1-5-14-7-6-8-15(11-14)17(19)16-10-9-12(2)13(3)18(16)20-4/h9-10,14-15,17,19H,5-8,11H2,1-4H3. The summed E-state index contributed by atoms with van der Waals surface area (Å²) in [6.07, 6.45) is 5.69. The maximum absolute atomic E-state index is 10.8. The Morgan fingerprint density at radius 2 is 2.05 bits per heavy atom. The molecule has 0 amide bonds. The van der Waals surface area contributed by atoms with E-state index in [0.29, 0.717) is 5.92 Å². The Kier molecular flexibility index (Phi) is 5.09. The number of aryl methyl sites for hydroxylation is 1. The average Bonchev–Trinajstić information content (AvgIpc) is 2.49. The highest BCUT2D eigenvalue weighted by molar-refractivity contribution is 5.46. The molecule has 1 N–H and O–H groups in total. The largest absolute Gasteiger partial charge is 0.496 e. The molecule has 0 aromatic heterocycles. The van der Waals surface area contributed by atoms with Gasteiger partial charge in [0.15, 0.2) is 0 Å². The number of benzene rings is 1. The summed E-state index contributed by atoms with van der Waals surface area (Å²) in [6, 6.07) is 4.14. The molecule has 0 bridgehead atoms. The van der Waals surface area contributed by atoms with Gasteiger partial charge in [-0.2, -0.15) is 0 Å². The van der Waals surface area contributed by atoms with Crippen molar-refractivity contribution in [2.75, 3.05) is 7.11 Å². The molecule has 2 heteroatoms. The van der Waals surface area contributed by atoms with Crippen LogP contribution in [0, 0.1) is 25.7 Å². The highest BCUT2D eigenvalue weighted by atomic mass is 16.5. The van der Waals surface area contributed by atoms with Gasteiger partial charge in [-0.25, -0.2) is 0 Å². The number of aliphatic hydroxyl groups is 1. The van der Waals surface area contributed by atoms with Crippen LogP contribution in [0.5, 0.6) is 5.75 Å². The maximum Gasteiger partial charge on any atom is 0.127 e. The molecule has 1 aromatic carbocycles. The van der Waals surface area contributed by atoms with Gasteiger partial charge in [-0.05, 0) is 49.7 Å². The van der Waals surface area contributed by atoms with Crippen LogP contribution in [0.25, 0.3) is 0 Å². The van der Waals surface area contributed by atoms with E-state index >= 15 is 0 Å². The van der Waals surface area contributed by atoms with E-state index in [2.05, 4.69) is 26.8 Å². The van der Waals surface area contributed by atoms with Crippen molar-refractivity contribution in [2.24, 2.45) is 11.8 Å². The average molecular weight is 276 g/mol. The van der Waals surface area contributed by atoms with Gasteiger partial charge in [-0.15, -0.1) is 0 Å². The molecule has 1 aliphatic rings. The number of hydrogen-bond donors (Lipinski definition) is 1. The Morgan fingerprint density at radius 1 is 1.30 bits per heavy atom. The third-order valence-electron chi connectivity index (χ3n) is 5.08. The lowest BCUT2D eigenvalue weighted by atomic mass is 9.76. The minimum absolute atomic E-state index is 0.379.